The van der Waals surface area contributed by atoms with E-state index in [4.69, 9.17) is 17.0 Å². The number of aromatic nitrogens is 4. The number of morpholine rings is 1. The lowest BCUT2D eigenvalue weighted by molar-refractivity contribution is 0.0207. The third-order valence-electron chi connectivity index (χ3n) is 3.81. The summed E-state index contributed by atoms with van der Waals surface area (Å²) in [4.78, 5) is 2.26. The number of nitrogens with zero attached hydrogens (tertiary/aromatic N) is 5. The number of ether oxygens (including phenoxy) is 1. The molecule has 2 heterocycles. The van der Waals surface area contributed by atoms with E-state index in [1.165, 1.54) is 11.1 Å². The van der Waals surface area contributed by atoms with Crippen molar-refractivity contribution in [3.05, 3.63) is 34.1 Å². The number of benzene rings is 1. The Balaban J connectivity index is 1.84. The minimum absolute atomic E-state index is 0.616. The van der Waals surface area contributed by atoms with Gasteiger partial charge >= 0.3 is 0 Å². The zero-order chi connectivity index (χ0) is 14.8. The topological polar surface area (TPSA) is 48.1 Å². The molecule has 21 heavy (non-hydrogen) atoms. The largest absolute Gasteiger partial charge is 0.379 e. The van der Waals surface area contributed by atoms with E-state index in [1.807, 2.05) is 6.07 Å². The van der Waals surface area contributed by atoms with Gasteiger partial charge in [-0.25, -0.2) is 4.68 Å². The zero-order valence-electron chi connectivity index (χ0n) is 12.3. The van der Waals surface area contributed by atoms with E-state index in [0.717, 1.165) is 32.0 Å². The minimum Gasteiger partial charge on any atom is -0.379 e. The number of rotatable bonds is 3. The third-order valence-corrected chi connectivity index (χ3v) is 4.20. The van der Waals surface area contributed by atoms with Crippen LogP contribution in [0.25, 0.3) is 5.69 Å². The molecule has 7 heteroatoms. The molecule has 1 aromatic carbocycles. The van der Waals surface area contributed by atoms with Crippen LogP contribution in [-0.2, 0) is 11.4 Å². The Morgan fingerprint density at radius 3 is 2.62 bits per heavy atom. The third kappa shape index (κ3) is 3.04. The maximum absolute atomic E-state index is 5.49. The molecule has 1 saturated heterocycles. The first-order chi connectivity index (χ1) is 10.1. The van der Waals surface area contributed by atoms with Crippen LogP contribution in [0.4, 0.5) is 0 Å². The highest BCUT2D eigenvalue weighted by Gasteiger charge is 2.13. The van der Waals surface area contributed by atoms with Crippen LogP contribution in [0.1, 0.15) is 11.1 Å². The van der Waals surface area contributed by atoms with Crippen molar-refractivity contribution in [2.75, 3.05) is 26.3 Å². The highest BCUT2D eigenvalue weighted by atomic mass is 32.1. The van der Waals surface area contributed by atoms with E-state index >= 15 is 0 Å². The fraction of sp³-hybridized carbons (Fsp3) is 0.500. The molecule has 0 aliphatic carbocycles. The van der Waals surface area contributed by atoms with Gasteiger partial charge in [0.1, 0.15) is 0 Å². The van der Waals surface area contributed by atoms with Gasteiger partial charge in [0, 0.05) is 13.1 Å². The van der Waals surface area contributed by atoms with E-state index in [2.05, 4.69) is 41.3 Å². The van der Waals surface area contributed by atoms with Crippen molar-refractivity contribution in [1.29, 1.82) is 0 Å². The number of tetrazole rings is 1. The Hall–Kier alpha value is -1.57. The van der Waals surface area contributed by atoms with E-state index in [9.17, 15) is 0 Å². The van der Waals surface area contributed by atoms with Crippen molar-refractivity contribution in [1.82, 2.24) is 24.7 Å². The average molecular weight is 305 g/mol. The molecule has 0 unspecified atom stereocenters. The lowest BCUT2D eigenvalue weighted by atomic mass is 10.1. The molecular formula is C14H19N5OS. The maximum atomic E-state index is 5.49. The Morgan fingerprint density at radius 2 is 1.90 bits per heavy atom. The fourth-order valence-corrected chi connectivity index (χ4v) is 2.55. The molecule has 1 aliphatic heterocycles. The van der Waals surface area contributed by atoms with Crippen molar-refractivity contribution in [2.24, 2.45) is 0 Å². The van der Waals surface area contributed by atoms with Crippen molar-refractivity contribution in [2.45, 2.75) is 20.5 Å². The quantitative estimate of drug-likeness (QED) is 0.808. The summed E-state index contributed by atoms with van der Waals surface area (Å²) in [7, 11) is 0. The summed E-state index contributed by atoms with van der Waals surface area (Å²) in [5, 5.41) is 8.37. The van der Waals surface area contributed by atoms with Crippen LogP contribution in [-0.4, -0.2) is 51.0 Å². The molecule has 0 spiro atoms. The molecule has 1 aliphatic rings. The Bertz CT molecular complexity index is 687. The molecule has 1 aromatic heterocycles. The summed E-state index contributed by atoms with van der Waals surface area (Å²) in [5.74, 6) is 0. The van der Waals surface area contributed by atoms with E-state index < -0.39 is 0 Å². The first-order valence-corrected chi connectivity index (χ1v) is 7.46. The van der Waals surface area contributed by atoms with Gasteiger partial charge in [-0.3, -0.25) is 4.90 Å². The molecule has 3 rings (SSSR count). The summed E-state index contributed by atoms with van der Waals surface area (Å²) < 4.78 is 9.43. The summed E-state index contributed by atoms with van der Waals surface area (Å²) in [5.41, 5.74) is 3.43. The SMILES string of the molecule is Cc1ccc(-n2nnn(CN3CCOCC3)c2=S)cc1C. The van der Waals surface area contributed by atoms with E-state index in [0.29, 0.717) is 11.4 Å². The summed E-state index contributed by atoms with van der Waals surface area (Å²) >= 11 is 5.49. The molecule has 0 N–H and O–H groups in total. The van der Waals surface area contributed by atoms with Gasteiger partial charge in [-0.2, -0.15) is 4.68 Å². The van der Waals surface area contributed by atoms with Crippen LogP contribution >= 0.6 is 12.2 Å². The van der Waals surface area contributed by atoms with Gasteiger partial charge in [-0.05, 0) is 59.8 Å². The number of hydrogen-bond acceptors (Lipinski definition) is 5. The first-order valence-electron chi connectivity index (χ1n) is 7.06. The second-order valence-corrected chi connectivity index (χ2v) is 5.68. The minimum atomic E-state index is 0.616. The standard InChI is InChI=1S/C14H19N5OS/c1-11-3-4-13(9-12(11)2)19-14(21)18(15-16-19)10-17-5-7-20-8-6-17/h3-4,9H,5-8,10H2,1-2H3. The van der Waals surface area contributed by atoms with E-state index in [1.54, 1.807) is 9.36 Å². The van der Waals surface area contributed by atoms with Crippen LogP contribution in [0.3, 0.4) is 0 Å². The van der Waals surface area contributed by atoms with Crippen LogP contribution in [0.15, 0.2) is 18.2 Å². The fourth-order valence-electron chi connectivity index (χ4n) is 2.31. The van der Waals surface area contributed by atoms with Crippen molar-refractivity contribution < 1.29 is 4.74 Å². The van der Waals surface area contributed by atoms with Crippen LogP contribution in [0.2, 0.25) is 0 Å². The van der Waals surface area contributed by atoms with Crippen molar-refractivity contribution >= 4 is 12.2 Å². The number of hydrogen-bond donors (Lipinski definition) is 0. The lowest BCUT2D eigenvalue weighted by Crippen LogP contribution is -2.37. The van der Waals surface area contributed by atoms with Gasteiger partial charge in [0.25, 0.3) is 0 Å². The molecule has 0 atom stereocenters. The normalized spacial score (nSPS) is 16.3. The molecule has 0 saturated carbocycles. The highest BCUT2D eigenvalue weighted by Crippen LogP contribution is 2.13. The summed E-state index contributed by atoms with van der Waals surface area (Å²) in [6, 6.07) is 6.18. The van der Waals surface area contributed by atoms with Gasteiger partial charge in [-0.15, -0.1) is 0 Å². The molecular weight excluding hydrogens is 286 g/mol. The van der Waals surface area contributed by atoms with Crippen LogP contribution in [0, 0.1) is 18.6 Å². The molecule has 0 bridgehead atoms. The monoisotopic (exact) mass is 305 g/mol. The Morgan fingerprint density at radius 1 is 1.14 bits per heavy atom. The molecule has 0 amide bonds. The van der Waals surface area contributed by atoms with E-state index in [-0.39, 0.29) is 0 Å². The predicted molar refractivity (Wildman–Crippen MR) is 82.0 cm³/mol. The van der Waals surface area contributed by atoms with Gasteiger partial charge in [0.05, 0.1) is 25.6 Å². The maximum Gasteiger partial charge on any atom is 0.221 e. The van der Waals surface area contributed by atoms with Crippen LogP contribution < -0.4 is 0 Å². The molecule has 112 valence electrons. The Labute approximate surface area is 128 Å². The number of aryl methyl sites for hydroxylation is 2. The van der Waals surface area contributed by atoms with Gasteiger partial charge in [0.2, 0.25) is 4.77 Å². The lowest BCUT2D eigenvalue weighted by Gasteiger charge is -2.25. The van der Waals surface area contributed by atoms with Gasteiger partial charge < -0.3 is 4.74 Å². The Kier molecular flexibility index (Phi) is 4.14. The molecule has 1 fully saturated rings. The predicted octanol–water partition coefficient (Wildman–Crippen LogP) is 1.70. The molecule has 2 aromatic rings. The van der Waals surface area contributed by atoms with Crippen molar-refractivity contribution in [3.63, 3.8) is 0 Å². The zero-order valence-corrected chi connectivity index (χ0v) is 13.1. The summed E-state index contributed by atoms with van der Waals surface area (Å²) in [6.07, 6.45) is 0. The molecule has 0 radical (unpaired) electrons. The first kappa shape index (κ1) is 14.4. The van der Waals surface area contributed by atoms with Crippen molar-refractivity contribution in [3.8, 4) is 5.69 Å². The average Bonchev–Trinajstić information content (AvgIpc) is 2.84. The molecule has 6 nitrogen and oxygen atoms in total. The second kappa shape index (κ2) is 6.05. The van der Waals surface area contributed by atoms with Gasteiger partial charge in [-0.1, -0.05) is 6.07 Å². The smallest absolute Gasteiger partial charge is 0.221 e. The second-order valence-electron chi connectivity index (χ2n) is 5.31. The summed E-state index contributed by atoms with van der Waals surface area (Å²) in [6.45, 7) is 8.16. The highest BCUT2D eigenvalue weighted by molar-refractivity contribution is 7.71. The van der Waals surface area contributed by atoms with Gasteiger partial charge in [0.15, 0.2) is 0 Å². The van der Waals surface area contributed by atoms with Crippen LogP contribution in [0.5, 0.6) is 0 Å².